The molecule has 0 spiro atoms. The minimum Gasteiger partial charge on any atom is -0.480 e. The largest absolute Gasteiger partial charge is 0.480 e. The Hall–Kier alpha value is -0.650. The maximum Gasteiger partial charge on any atom is 0.150 e. The van der Waals surface area contributed by atoms with Crippen LogP contribution in [0.5, 0.6) is 5.75 Å². The second-order valence-corrected chi connectivity index (χ2v) is 3.03. The van der Waals surface area contributed by atoms with Crippen molar-refractivity contribution in [2.24, 2.45) is 0 Å². The monoisotopic (exact) mass is 244 g/mol. The molecule has 0 amide bonds. The molecule has 0 radical (unpaired) electrons. The van der Waals surface area contributed by atoms with E-state index in [1.165, 1.54) is 0 Å². The van der Waals surface area contributed by atoms with Gasteiger partial charge in [0.25, 0.3) is 0 Å². The van der Waals surface area contributed by atoms with E-state index in [9.17, 15) is 0 Å². The first-order chi connectivity index (χ1) is 5.84. The van der Waals surface area contributed by atoms with E-state index in [2.05, 4.69) is 27.2 Å². The van der Waals surface area contributed by atoms with Gasteiger partial charge in [-0.3, -0.25) is 0 Å². The predicted molar refractivity (Wildman–Crippen MR) is 53.3 cm³/mol. The molecule has 0 aromatic heterocycles. The second-order valence-electron chi connectivity index (χ2n) is 1.99. The summed E-state index contributed by atoms with van der Waals surface area (Å²) < 4.78 is 6.19. The van der Waals surface area contributed by atoms with Gasteiger partial charge in [-0.05, 0) is 45.6 Å². The van der Waals surface area contributed by atoms with Gasteiger partial charge in [0.1, 0.15) is 12.4 Å². The maximum absolute atomic E-state index is 5.27. The molecule has 0 heterocycles. The van der Waals surface area contributed by atoms with Gasteiger partial charge < -0.3 is 4.74 Å². The Labute approximate surface area is 84.8 Å². The van der Waals surface area contributed by atoms with Crippen LogP contribution in [-0.2, 0) is 0 Å². The molecular formula is C9H6BrClO. The molecular weight excluding hydrogens is 239 g/mol. The van der Waals surface area contributed by atoms with Gasteiger partial charge in [0.05, 0.1) is 4.47 Å². The van der Waals surface area contributed by atoms with Gasteiger partial charge in [-0.2, -0.15) is 0 Å². The summed E-state index contributed by atoms with van der Waals surface area (Å²) >= 11 is 8.50. The van der Waals surface area contributed by atoms with Gasteiger partial charge in [0, 0.05) is 5.38 Å². The van der Waals surface area contributed by atoms with Gasteiger partial charge in [0.2, 0.25) is 0 Å². The lowest BCUT2D eigenvalue weighted by Gasteiger charge is -2.02. The van der Waals surface area contributed by atoms with Crippen LogP contribution in [-0.4, -0.2) is 6.61 Å². The Morgan fingerprint density at radius 2 is 2.17 bits per heavy atom. The smallest absolute Gasteiger partial charge is 0.150 e. The maximum atomic E-state index is 5.27. The lowest BCUT2D eigenvalue weighted by molar-refractivity contribution is 0.368. The zero-order chi connectivity index (χ0) is 8.81. The van der Waals surface area contributed by atoms with Crippen LogP contribution >= 0.6 is 27.5 Å². The number of ether oxygens (including phenoxy) is 1. The van der Waals surface area contributed by atoms with E-state index in [1.54, 1.807) is 0 Å². The van der Waals surface area contributed by atoms with Gasteiger partial charge in [-0.25, -0.2) is 0 Å². The molecule has 0 aliphatic rings. The number of rotatable bonds is 2. The fraction of sp³-hybridized carbons (Fsp3) is 0.111. The SMILES string of the molecule is ClC#CCOc1ccccc1Br. The second kappa shape index (κ2) is 5.08. The summed E-state index contributed by atoms with van der Waals surface area (Å²) in [5.41, 5.74) is 0. The Morgan fingerprint density at radius 3 is 2.83 bits per heavy atom. The lowest BCUT2D eigenvalue weighted by atomic mass is 10.3. The zero-order valence-electron chi connectivity index (χ0n) is 6.18. The molecule has 0 saturated heterocycles. The van der Waals surface area contributed by atoms with E-state index in [4.69, 9.17) is 16.3 Å². The van der Waals surface area contributed by atoms with Gasteiger partial charge in [-0.1, -0.05) is 12.1 Å². The highest BCUT2D eigenvalue weighted by Gasteiger charge is 1.95. The minimum atomic E-state index is 0.312. The van der Waals surface area contributed by atoms with E-state index in [0.29, 0.717) is 6.61 Å². The van der Waals surface area contributed by atoms with Crippen LogP contribution in [0.15, 0.2) is 28.7 Å². The van der Waals surface area contributed by atoms with Crippen LogP contribution in [0.4, 0.5) is 0 Å². The van der Waals surface area contributed by atoms with Crippen LogP contribution in [0.1, 0.15) is 0 Å². The molecule has 0 atom stereocenters. The molecule has 1 aromatic carbocycles. The molecule has 3 heteroatoms. The number of hydrogen-bond acceptors (Lipinski definition) is 1. The molecule has 12 heavy (non-hydrogen) atoms. The molecule has 0 fully saturated rings. The van der Waals surface area contributed by atoms with Crippen molar-refractivity contribution >= 4 is 27.5 Å². The number of hydrogen-bond donors (Lipinski definition) is 0. The van der Waals surface area contributed by atoms with E-state index in [0.717, 1.165) is 10.2 Å². The third kappa shape index (κ3) is 2.77. The van der Waals surface area contributed by atoms with Crippen molar-refractivity contribution in [1.82, 2.24) is 0 Å². The zero-order valence-corrected chi connectivity index (χ0v) is 8.52. The summed E-state index contributed by atoms with van der Waals surface area (Å²) in [6.45, 7) is 0.312. The van der Waals surface area contributed by atoms with Gasteiger partial charge in [0.15, 0.2) is 0 Å². The highest BCUT2D eigenvalue weighted by atomic mass is 79.9. The fourth-order valence-corrected chi connectivity index (χ4v) is 1.16. The molecule has 0 saturated carbocycles. The molecule has 0 unspecified atom stereocenters. The standard InChI is InChI=1S/C9H6BrClO/c10-8-4-1-2-5-9(8)12-7-3-6-11/h1-2,4-5H,7H2. The molecule has 1 nitrogen and oxygen atoms in total. The topological polar surface area (TPSA) is 9.23 Å². The molecule has 1 rings (SSSR count). The molecule has 62 valence electrons. The Bertz CT molecular complexity index is 314. The molecule has 0 N–H and O–H groups in total. The molecule has 0 bridgehead atoms. The van der Waals surface area contributed by atoms with Crippen molar-refractivity contribution in [3.63, 3.8) is 0 Å². The lowest BCUT2D eigenvalue weighted by Crippen LogP contribution is -1.93. The van der Waals surface area contributed by atoms with Crippen molar-refractivity contribution < 1.29 is 4.74 Å². The van der Waals surface area contributed by atoms with Crippen molar-refractivity contribution in [1.29, 1.82) is 0 Å². The van der Waals surface area contributed by atoms with Crippen molar-refractivity contribution in [2.75, 3.05) is 6.61 Å². The molecule has 1 aromatic rings. The average molecular weight is 246 g/mol. The first-order valence-corrected chi connectivity index (χ1v) is 4.47. The third-order valence-electron chi connectivity index (χ3n) is 1.20. The van der Waals surface area contributed by atoms with E-state index >= 15 is 0 Å². The highest BCUT2D eigenvalue weighted by molar-refractivity contribution is 9.10. The van der Waals surface area contributed by atoms with Crippen LogP contribution in [0.25, 0.3) is 0 Å². The minimum absolute atomic E-state index is 0.312. The average Bonchev–Trinajstić information content (AvgIpc) is 2.09. The molecule has 0 aliphatic heterocycles. The quantitative estimate of drug-likeness (QED) is 0.728. The van der Waals surface area contributed by atoms with E-state index in [-0.39, 0.29) is 0 Å². The van der Waals surface area contributed by atoms with Crippen molar-refractivity contribution in [2.45, 2.75) is 0 Å². The molecule has 0 aliphatic carbocycles. The Morgan fingerprint density at radius 1 is 1.42 bits per heavy atom. The summed E-state index contributed by atoms with van der Waals surface area (Å²) in [6.07, 6.45) is 0. The Balaban J connectivity index is 2.61. The van der Waals surface area contributed by atoms with Crippen LogP contribution in [0.2, 0.25) is 0 Å². The first-order valence-electron chi connectivity index (χ1n) is 3.30. The van der Waals surface area contributed by atoms with Crippen LogP contribution in [0.3, 0.4) is 0 Å². The van der Waals surface area contributed by atoms with Crippen molar-refractivity contribution in [3.8, 4) is 17.0 Å². The van der Waals surface area contributed by atoms with Gasteiger partial charge in [-0.15, -0.1) is 0 Å². The highest BCUT2D eigenvalue weighted by Crippen LogP contribution is 2.23. The Kier molecular flexibility index (Phi) is 3.99. The summed E-state index contributed by atoms with van der Waals surface area (Å²) in [6, 6.07) is 7.59. The number of benzene rings is 1. The first kappa shape index (κ1) is 9.44. The fourth-order valence-electron chi connectivity index (χ4n) is 0.703. The van der Waals surface area contributed by atoms with Crippen LogP contribution in [0, 0.1) is 11.3 Å². The normalized spacial score (nSPS) is 8.50. The predicted octanol–water partition coefficient (Wildman–Crippen LogP) is 3.03. The van der Waals surface area contributed by atoms with Crippen molar-refractivity contribution in [3.05, 3.63) is 28.7 Å². The summed E-state index contributed by atoms with van der Waals surface area (Å²) in [7, 11) is 0. The van der Waals surface area contributed by atoms with Gasteiger partial charge >= 0.3 is 0 Å². The summed E-state index contributed by atoms with van der Waals surface area (Å²) in [5.74, 6) is 3.37. The van der Waals surface area contributed by atoms with E-state index in [1.807, 2.05) is 24.3 Å². The number of para-hydroxylation sites is 1. The summed E-state index contributed by atoms with van der Waals surface area (Å²) in [4.78, 5) is 0. The van der Waals surface area contributed by atoms with E-state index < -0.39 is 0 Å². The van der Waals surface area contributed by atoms with Crippen LogP contribution < -0.4 is 4.74 Å². The summed E-state index contributed by atoms with van der Waals surface area (Å²) in [5, 5.41) is 2.24. The number of halogens is 2. The third-order valence-corrected chi connectivity index (χ3v) is 1.99.